The maximum atomic E-state index is 13.0. The van der Waals surface area contributed by atoms with Crippen LogP contribution in [0.2, 0.25) is 5.02 Å². The van der Waals surface area contributed by atoms with Crippen LogP contribution in [0.1, 0.15) is 26.3 Å². The molecule has 0 saturated carbocycles. The number of nitrogens with zero attached hydrogens (tertiary/aromatic N) is 1. The van der Waals surface area contributed by atoms with Crippen LogP contribution in [0.15, 0.2) is 23.2 Å². The number of benzene rings is 1. The van der Waals surface area contributed by atoms with Gasteiger partial charge in [-0.2, -0.15) is 0 Å². The molecule has 0 amide bonds. The minimum Gasteiger partial charge on any atom is -0.354 e. The van der Waals surface area contributed by atoms with Crippen LogP contribution in [-0.2, 0) is 6.54 Å². The highest BCUT2D eigenvalue weighted by Crippen LogP contribution is 2.15. The summed E-state index contributed by atoms with van der Waals surface area (Å²) in [6.07, 6.45) is 0. The quantitative estimate of drug-likeness (QED) is 0.447. The molecule has 114 valence electrons. The fourth-order valence-electron chi connectivity index (χ4n) is 1.41. The summed E-state index contributed by atoms with van der Waals surface area (Å²) in [4.78, 5) is 4.15. The van der Waals surface area contributed by atoms with E-state index in [-0.39, 0.29) is 29.0 Å². The predicted molar refractivity (Wildman–Crippen MR) is 94.5 cm³/mol. The average molecular weight is 414 g/mol. The van der Waals surface area contributed by atoms with E-state index in [0.29, 0.717) is 18.5 Å². The van der Waals surface area contributed by atoms with E-state index >= 15 is 0 Å². The molecule has 3 nitrogen and oxygen atoms in total. The number of guanidine groups is 1. The Morgan fingerprint density at radius 1 is 1.35 bits per heavy atom. The molecule has 0 aliphatic rings. The van der Waals surface area contributed by atoms with Gasteiger partial charge in [-0.1, -0.05) is 31.5 Å². The largest absolute Gasteiger partial charge is 0.354 e. The van der Waals surface area contributed by atoms with Crippen LogP contribution in [0.5, 0.6) is 0 Å². The zero-order valence-electron chi connectivity index (χ0n) is 12.2. The van der Waals surface area contributed by atoms with Crippen LogP contribution >= 0.6 is 35.6 Å². The highest BCUT2D eigenvalue weighted by molar-refractivity contribution is 14.0. The molecular weight excluding hydrogens is 392 g/mol. The Kier molecular flexibility index (Phi) is 9.13. The van der Waals surface area contributed by atoms with Crippen LogP contribution in [0.3, 0.4) is 0 Å². The first-order valence-electron chi connectivity index (χ1n) is 6.35. The standard InChI is InChI=1S/C14H21ClFN3.HI/c1-9(2)10(3)19-14(17-4)18-8-11-5-6-13(16)12(15)7-11;/h5-7,9-10H,8H2,1-4H3,(H2,17,18,19);1H. The number of nitrogens with one attached hydrogen (secondary N) is 2. The minimum atomic E-state index is -0.402. The molecular formula is C14H22ClFIN3. The molecule has 0 aromatic heterocycles. The van der Waals surface area contributed by atoms with E-state index in [4.69, 9.17) is 11.6 Å². The molecule has 6 heteroatoms. The zero-order chi connectivity index (χ0) is 14.4. The van der Waals surface area contributed by atoms with Gasteiger partial charge in [0.15, 0.2) is 5.96 Å². The summed E-state index contributed by atoms with van der Waals surface area (Å²) in [5.74, 6) is 0.835. The molecule has 0 radical (unpaired) electrons. The first-order chi connectivity index (χ1) is 8.93. The molecule has 0 bridgehead atoms. The maximum absolute atomic E-state index is 13.0. The van der Waals surface area contributed by atoms with Gasteiger partial charge in [-0.25, -0.2) is 4.39 Å². The van der Waals surface area contributed by atoms with Crippen molar-refractivity contribution in [3.63, 3.8) is 0 Å². The number of hydrogen-bond acceptors (Lipinski definition) is 1. The second-order valence-corrected chi connectivity index (χ2v) is 5.26. The van der Waals surface area contributed by atoms with E-state index in [2.05, 4.69) is 36.4 Å². The Labute approximate surface area is 142 Å². The van der Waals surface area contributed by atoms with Crippen LogP contribution in [-0.4, -0.2) is 19.0 Å². The number of aliphatic imine (C=N–C) groups is 1. The first kappa shape index (κ1) is 19.4. The van der Waals surface area contributed by atoms with E-state index in [1.165, 1.54) is 6.07 Å². The molecule has 2 N–H and O–H groups in total. The fraction of sp³-hybridized carbons (Fsp3) is 0.500. The van der Waals surface area contributed by atoms with E-state index in [1.54, 1.807) is 19.2 Å². The zero-order valence-corrected chi connectivity index (χ0v) is 15.3. The normalized spacial score (nSPS) is 12.8. The Hall–Kier alpha value is -0.560. The summed E-state index contributed by atoms with van der Waals surface area (Å²) in [6.45, 7) is 6.94. The SMILES string of the molecule is CN=C(NCc1ccc(F)c(Cl)c1)NC(C)C(C)C.I. The van der Waals surface area contributed by atoms with Gasteiger partial charge in [0.25, 0.3) is 0 Å². The Morgan fingerprint density at radius 2 is 2.00 bits per heavy atom. The molecule has 1 aromatic carbocycles. The second kappa shape index (κ2) is 9.39. The van der Waals surface area contributed by atoms with Gasteiger partial charge in [0, 0.05) is 19.6 Å². The molecule has 0 fully saturated rings. The van der Waals surface area contributed by atoms with Gasteiger partial charge < -0.3 is 10.6 Å². The van der Waals surface area contributed by atoms with Crippen molar-refractivity contribution >= 4 is 41.5 Å². The highest BCUT2D eigenvalue weighted by atomic mass is 127. The van der Waals surface area contributed by atoms with E-state index in [9.17, 15) is 4.39 Å². The lowest BCUT2D eigenvalue weighted by atomic mass is 10.1. The van der Waals surface area contributed by atoms with Gasteiger partial charge in [0.2, 0.25) is 0 Å². The third-order valence-electron chi connectivity index (χ3n) is 3.03. The molecule has 0 aliphatic carbocycles. The molecule has 1 unspecified atom stereocenters. The molecule has 0 heterocycles. The summed E-state index contributed by atoms with van der Waals surface area (Å²) in [6, 6.07) is 5.01. The minimum absolute atomic E-state index is 0. The van der Waals surface area contributed by atoms with E-state index < -0.39 is 5.82 Å². The maximum Gasteiger partial charge on any atom is 0.191 e. The third kappa shape index (κ3) is 6.26. The van der Waals surface area contributed by atoms with Gasteiger partial charge in [-0.15, -0.1) is 24.0 Å². The second-order valence-electron chi connectivity index (χ2n) is 4.85. The van der Waals surface area contributed by atoms with Gasteiger partial charge in [0.1, 0.15) is 5.82 Å². The molecule has 20 heavy (non-hydrogen) atoms. The van der Waals surface area contributed by atoms with Crippen molar-refractivity contribution in [2.24, 2.45) is 10.9 Å². The van der Waals surface area contributed by atoms with Crippen molar-refractivity contribution in [1.82, 2.24) is 10.6 Å². The molecule has 1 aromatic rings. The summed E-state index contributed by atoms with van der Waals surface area (Å²) in [7, 11) is 1.72. The summed E-state index contributed by atoms with van der Waals surface area (Å²) < 4.78 is 13.0. The topological polar surface area (TPSA) is 36.4 Å². The Bertz CT molecular complexity index is 452. The predicted octanol–water partition coefficient (Wildman–Crippen LogP) is 3.81. The van der Waals surface area contributed by atoms with Gasteiger partial charge in [0.05, 0.1) is 5.02 Å². The van der Waals surface area contributed by atoms with Crippen molar-refractivity contribution < 1.29 is 4.39 Å². The highest BCUT2D eigenvalue weighted by Gasteiger charge is 2.09. The molecule has 0 aliphatic heterocycles. The summed E-state index contributed by atoms with van der Waals surface area (Å²) >= 11 is 5.74. The van der Waals surface area contributed by atoms with Crippen molar-refractivity contribution in [2.75, 3.05) is 7.05 Å². The number of hydrogen-bond donors (Lipinski definition) is 2. The number of rotatable bonds is 4. The lowest BCUT2D eigenvalue weighted by Gasteiger charge is -2.20. The summed E-state index contributed by atoms with van der Waals surface area (Å²) in [5, 5.41) is 6.61. The van der Waals surface area contributed by atoms with Crippen LogP contribution in [0.25, 0.3) is 0 Å². The first-order valence-corrected chi connectivity index (χ1v) is 6.73. The van der Waals surface area contributed by atoms with Crippen LogP contribution in [0.4, 0.5) is 4.39 Å². The Balaban J connectivity index is 0.00000361. The molecule has 1 rings (SSSR count). The van der Waals surface area contributed by atoms with Crippen molar-refractivity contribution in [1.29, 1.82) is 0 Å². The number of halogens is 3. The summed E-state index contributed by atoms with van der Waals surface area (Å²) in [5.41, 5.74) is 0.909. The van der Waals surface area contributed by atoms with E-state index in [1.807, 2.05) is 0 Å². The average Bonchev–Trinajstić information content (AvgIpc) is 2.37. The lowest BCUT2D eigenvalue weighted by molar-refractivity contribution is 0.481. The fourth-order valence-corrected chi connectivity index (χ4v) is 1.62. The van der Waals surface area contributed by atoms with Gasteiger partial charge in [-0.05, 0) is 30.5 Å². The third-order valence-corrected chi connectivity index (χ3v) is 3.32. The van der Waals surface area contributed by atoms with Gasteiger partial charge >= 0.3 is 0 Å². The molecule has 0 spiro atoms. The van der Waals surface area contributed by atoms with Crippen molar-refractivity contribution in [2.45, 2.75) is 33.4 Å². The van der Waals surface area contributed by atoms with Crippen LogP contribution < -0.4 is 10.6 Å². The lowest BCUT2D eigenvalue weighted by Crippen LogP contribution is -2.43. The monoisotopic (exact) mass is 413 g/mol. The van der Waals surface area contributed by atoms with Crippen molar-refractivity contribution in [3.05, 3.63) is 34.6 Å². The Morgan fingerprint density at radius 3 is 2.50 bits per heavy atom. The molecule has 1 atom stereocenters. The molecule has 0 saturated heterocycles. The van der Waals surface area contributed by atoms with Crippen molar-refractivity contribution in [3.8, 4) is 0 Å². The smallest absolute Gasteiger partial charge is 0.191 e. The van der Waals surface area contributed by atoms with Gasteiger partial charge in [-0.3, -0.25) is 4.99 Å². The van der Waals surface area contributed by atoms with Crippen LogP contribution in [0, 0.1) is 11.7 Å². The van der Waals surface area contributed by atoms with E-state index in [0.717, 1.165) is 11.5 Å².